The topological polar surface area (TPSA) is 82.9 Å². The maximum absolute atomic E-state index is 13.5. The maximum Gasteiger partial charge on any atom is 0.261 e. The number of benzene rings is 1. The fourth-order valence-electron chi connectivity index (χ4n) is 4.50. The minimum absolute atomic E-state index is 0.113. The van der Waals surface area contributed by atoms with Crippen molar-refractivity contribution in [3.8, 4) is 17.6 Å². The highest BCUT2D eigenvalue weighted by molar-refractivity contribution is 8.78. The van der Waals surface area contributed by atoms with Crippen LogP contribution in [0.2, 0.25) is 0 Å². The highest BCUT2D eigenvalue weighted by Crippen LogP contribution is 2.69. The second-order valence-corrected chi connectivity index (χ2v) is 10.5. The molecule has 2 amide bonds. The minimum Gasteiger partial charge on any atom is -0.454 e. The van der Waals surface area contributed by atoms with E-state index in [0.717, 1.165) is 5.56 Å². The summed E-state index contributed by atoms with van der Waals surface area (Å²) in [4.78, 5) is 27.9. The molecule has 2 bridgehead atoms. The average Bonchev–Trinajstić information content (AvgIpc) is 3.23. The second-order valence-electron chi connectivity index (χ2n) is 7.69. The molecule has 4 atom stereocenters. The summed E-state index contributed by atoms with van der Waals surface area (Å²) in [7, 11) is 4.49. The van der Waals surface area contributed by atoms with Crippen molar-refractivity contribution in [3.05, 3.63) is 23.8 Å². The number of fused-ring (bicyclic) bond motifs is 3. The molecule has 0 N–H and O–H groups in total. The summed E-state index contributed by atoms with van der Waals surface area (Å²) in [6.07, 6.45) is 0.290. The Morgan fingerprint density at radius 3 is 2.67 bits per heavy atom. The molecule has 1 aromatic rings. The molecule has 0 aliphatic carbocycles. The summed E-state index contributed by atoms with van der Waals surface area (Å²) in [6, 6.07) is 7.35. The summed E-state index contributed by atoms with van der Waals surface area (Å²) in [5, 5.41) is 10.0. The zero-order valence-corrected chi connectivity index (χ0v) is 16.6. The number of amides is 2. The third-order valence-corrected chi connectivity index (χ3v) is 9.76. The van der Waals surface area contributed by atoms with E-state index in [9.17, 15) is 14.9 Å². The quantitative estimate of drug-likeness (QED) is 0.666. The Morgan fingerprint density at radius 1 is 1.19 bits per heavy atom. The van der Waals surface area contributed by atoms with Gasteiger partial charge < -0.3 is 19.3 Å². The number of nitriles is 1. The third kappa shape index (κ3) is 1.85. The molecule has 0 radical (unpaired) electrons. The number of piperazine rings is 1. The molecule has 27 heavy (non-hydrogen) atoms. The van der Waals surface area contributed by atoms with Crippen LogP contribution in [-0.2, 0) is 9.59 Å². The van der Waals surface area contributed by atoms with Crippen LogP contribution in [0.4, 0.5) is 0 Å². The van der Waals surface area contributed by atoms with E-state index in [0.29, 0.717) is 11.5 Å². The Balaban J connectivity index is 1.71. The molecule has 9 heteroatoms. The molecule has 140 valence electrons. The van der Waals surface area contributed by atoms with E-state index in [1.165, 1.54) is 26.5 Å². The molecule has 5 heterocycles. The van der Waals surface area contributed by atoms with Gasteiger partial charge in [-0.15, -0.1) is 0 Å². The number of rotatable bonds is 1. The lowest BCUT2D eigenvalue weighted by Crippen LogP contribution is -2.73. The molecular formula is C18H17N3O4S2. The first-order chi connectivity index (χ1) is 12.8. The van der Waals surface area contributed by atoms with Gasteiger partial charge in [0.25, 0.3) is 11.8 Å². The summed E-state index contributed by atoms with van der Waals surface area (Å²) < 4.78 is 10.9. The highest BCUT2D eigenvalue weighted by atomic mass is 33.1. The van der Waals surface area contributed by atoms with Crippen molar-refractivity contribution in [2.24, 2.45) is 5.41 Å². The molecule has 7 nitrogen and oxygen atoms in total. The van der Waals surface area contributed by atoms with Gasteiger partial charge in [-0.3, -0.25) is 9.59 Å². The smallest absolute Gasteiger partial charge is 0.261 e. The van der Waals surface area contributed by atoms with E-state index in [-0.39, 0.29) is 25.0 Å². The van der Waals surface area contributed by atoms with Crippen molar-refractivity contribution >= 4 is 33.4 Å². The number of hydrogen-bond acceptors (Lipinski definition) is 7. The first-order valence-electron chi connectivity index (χ1n) is 8.56. The van der Waals surface area contributed by atoms with Crippen LogP contribution in [-0.4, -0.2) is 45.2 Å². The number of carbonyl (C=O) groups is 2. The first kappa shape index (κ1) is 17.1. The highest BCUT2D eigenvalue weighted by Gasteiger charge is 2.74. The van der Waals surface area contributed by atoms with Gasteiger partial charge in [0.15, 0.2) is 21.2 Å². The van der Waals surface area contributed by atoms with Gasteiger partial charge in [-0.25, -0.2) is 0 Å². The van der Waals surface area contributed by atoms with Gasteiger partial charge >= 0.3 is 0 Å². The molecule has 1 aromatic carbocycles. The van der Waals surface area contributed by atoms with Gasteiger partial charge in [0.2, 0.25) is 6.79 Å². The van der Waals surface area contributed by atoms with Crippen molar-refractivity contribution in [1.82, 2.24) is 9.80 Å². The van der Waals surface area contributed by atoms with Crippen LogP contribution in [0.3, 0.4) is 0 Å². The number of ether oxygens (including phenoxy) is 2. The lowest BCUT2D eigenvalue weighted by molar-refractivity contribution is -0.164. The summed E-state index contributed by atoms with van der Waals surface area (Å²) in [6.45, 7) is 3.75. The lowest BCUT2D eigenvalue weighted by Gasteiger charge is -2.57. The van der Waals surface area contributed by atoms with Crippen molar-refractivity contribution in [2.45, 2.75) is 36.1 Å². The zero-order valence-electron chi connectivity index (χ0n) is 15.0. The molecule has 4 saturated heterocycles. The van der Waals surface area contributed by atoms with Crippen LogP contribution in [0.15, 0.2) is 18.2 Å². The molecule has 6 rings (SSSR count). The zero-order chi connectivity index (χ0) is 19.2. The normalized spacial score (nSPS) is 39.0. The van der Waals surface area contributed by atoms with Crippen LogP contribution >= 0.6 is 21.6 Å². The Kier molecular flexibility index (Phi) is 3.20. The van der Waals surface area contributed by atoms with E-state index >= 15 is 0 Å². The van der Waals surface area contributed by atoms with E-state index < -0.39 is 21.2 Å². The Labute approximate surface area is 164 Å². The SMILES string of the molecule is CN1C(=O)[C@@]23C[C@](C)(C#N)[C@H](c4ccc5c(c4)OCO5)N2C(=O)[C@@]1(C)SS3. The molecule has 0 aromatic heterocycles. The fraction of sp³-hybridized carbons (Fsp3) is 0.500. The Hall–Kier alpha value is -2.05. The van der Waals surface area contributed by atoms with Crippen LogP contribution in [0.1, 0.15) is 31.9 Å². The molecule has 5 aliphatic rings. The van der Waals surface area contributed by atoms with Crippen LogP contribution in [0, 0.1) is 16.7 Å². The number of nitrogens with zero attached hydrogens (tertiary/aromatic N) is 3. The minimum atomic E-state index is -1.06. The summed E-state index contributed by atoms with van der Waals surface area (Å²) >= 11 is 0. The number of carbonyl (C=O) groups excluding carboxylic acids is 2. The lowest BCUT2D eigenvalue weighted by atomic mass is 9.79. The summed E-state index contributed by atoms with van der Waals surface area (Å²) in [5.41, 5.74) is -0.117. The predicted octanol–water partition coefficient (Wildman–Crippen LogP) is 2.50. The van der Waals surface area contributed by atoms with Gasteiger partial charge in [0, 0.05) is 13.5 Å². The Morgan fingerprint density at radius 2 is 1.93 bits per heavy atom. The number of likely N-dealkylation sites (N-methyl/N-ethyl adjacent to an activating group) is 1. The van der Waals surface area contributed by atoms with Crippen LogP contribution in [0.25, 0.3) is 0 Å². The largest absolute Gasteiger partial charge is 0.454 e. The standard InChI is InChI=1S/C18H17N3O4S2/c1-16(8-19)7-18-15(23)20(3)17(2,26-27-18)14(22)21(18)13(16)10-4-5-11-12(6-10)25-9-24-11/h4-6,13H,7,9H2,1-3H3/t13-,16+,17+,18-/m0/s1. The van der Waals surface area contributed by atoms with Gasteiger partial charge in [-0.1, -0.05) is 27.7 Å². The van der Waals surface area contributed by atoms with Crippen molar-refractivity contribution < 1.29 is 19.1 Å². The fourth-order valence-corrected chi connectivity index (χ4v) is 8.08. The van der Waals surface area contributed by atoms with Crippen molar-refractivity contribution in [3.63, 3.8) is 0 Å². The van der Waals surface area contributed by atoms with Gasteiger partial charge in [-0.2, -0.15) is 5.26 Å². The third-order valence-electron chi connectivity index (χ3n) is 6.06. The van der Waals surface area contributed by atoms with Crippen molar-refractivity contribution in [2.75, 3.05) is 13.8 Å². The van der Waals surface area contributed by atoms with Crippen LogP contribution < -0.4 is 9.47 Å². The monoisotopic (exact) mass is 403 g/mol. The molecule has 1 spiro atoms. The molecule has 0 unspecified atom stereocenters. The van der Waals surface area contributed by atoms with E-state index in [4.69, 9.17) is 9.47 Å². The van der Waals surface area contributed by atoms with Gasteiger partial charge in [0.1, 0.15) is 0 Å². The molecule has 0 saturated carbocycles. The van der Waals surface area contributed by atoms with E-state index in [2.05, 4.69) is 6.07 Å². The maximum atomic E-state index is 13.5. The molecular weight excluding hydrogens is 386 g/mol. The first-order valence-corrected chi connectivity index (χ1v) is 10.7. The van der Waals surface area contributed by atoms with Crippen molar-refractivity contribution in [1.29, 1.82) is 5.26 Å². The molecule has 4 fully saturated rings. The molecule has 5 aliphatic heterocycles. The average molecular weight is 403 g/mol. The van der Waals surface area contributed by atoms with Gasteiger partial charge in [-0.05, 0) is 31.5 Å². The van der Waals surface area contributed by atoms with E-state index in [1.807, 2.05) is 19.1 Å². The van der Waals surface area contributed by atoms with Gasteiger partial charge in [0.05, 0.1) is 17.5 Å². The Bertz CT molecular complexity index is 949. The van der Waals surface area contributed by atoms with E-state index in [1.54, 1.807) is 24.9 Å². The second kappa shape index (κ2) is 5.06. The number of hydrogen-bond donors (Lipinski definition) is 0. The summed E-state index contributed by atoms with van der Waals surface area (Å²) in [5.74, 6) is 0.998. The predicted molar refractivity (Wildman–Crippen MR) is 99.6 cm³/mol. The van der Waals surface area contributed by atoms with Crippen LogP contribution in [0.5, 0.6) is 11.5 Å².